The molecule has 1 aliphatic heterocycles. The zero-order valence-electron chi connectivity index (χ0n) is 17.7. The number of benzene rings is 1. The van der Waals surface area contributed by atoms with Crippen LogP contribution in [0.5, 0.6) is 0 Å². The number of rotatable bonds is 0. The molecular weight excluding hydrogens is 324 g/mol. The van der Waals surface area contributed by atoms with Gasteiger partial charge in [-0.25, -0.2) is 0 Å². The van der Waals surface area contributed by atoms with Gasteiger partial charge in [-0.15, -0.1) is 0 Å². The maximum Gasteiger partial charge on any atom is 0.229 e. The van der Waals surface area contributed by atoms with Gasteiger partial charge in [0.25, 0.3) is 0 Å². The maximum absolute atomic E-state index is 13.7. The van der Waals surface area contributed by atoms with Crippen molar-refractivity contribution in [3.05, 3.63) is 44.7 Å². The lowest BCUT2D eigenvalue weighted by Gasteiger charge is -2.56. The molecule has 0 N–H and O–H groups in total. The van der Waals surface area contributed by atoms with E-state index < -0.39 is 11.0 Å². The average Bonchev–Trinajstić information content (AvgIpc) is 2.51. The van der Waals surface area contributed by atoms with Crippen LogP contribution < -0.4 is 0 Å². The van der Waals surface area contributed by atoms with Crippen molar-refractivity contribution in [3.8, 4) is 0 Å². The number of hydrogen-bond donors (Lipinski definition) is 0. The fourth-order valence-corrected chi connectivity index (χ4v) is 4.45. The van der Waals surface area contributed by atoms with Gasteiger partial charge in [-0.2, -0.15) is 0 Å². The van der Waals surface area contributed by atoms with Gasteiger partial charge in [0.15, 0.2) is 11.5 Å². The lowest BCUT2D eigenvalue weighted by molar-refractivity contribution is -0.125. The Kier molecular flexibility index (Phi) is 3.69. The molecule has 3 rings (SSSR count). The molecule has 0 fully saturated rings. The number of Topliss-reactive ketones (excluding diaryl/α,β-unsaturated/α-hetero) is 2. The van der Waals surface area contributed by atoms with Crippen molar-refractivity contribution in [2.45, 2.75) is 74.8 Å². The van der Waals surface area contributed by atoms with Crippen molar-refractivity contribution in [2.24, 2.45) is 10.8 Å². The van der Waals surface area contributed by atoms with Gasteiger partial charge in [0.1, 0.15) is 5.60 Å². The minimum atomic E-state index is -0.564. The number of ketones is 2. The van der Waals surface area contributed by atoms with Crippen LogP contribution in [0.15, 0.2) is 11.3 Å². The van der Waals surface area contributed by atoms with Crippen molar-refractivity contribution < 1.29 is 14.3 Å². The molecule has 0 radical (unpaired) electrons. The van der Waals surface area contributed by atoms with E-state index in [4.69, 9.17) is 4.74 Å². The predicted molar refractivity (Wildman–Crippen MR) is 104 cm³/mol. The third-order valence-electron chi connectivity index (χ3n) is 7.85. The summed E-state index contributed by atoms with van der Waals surface area (Å²) in [6.07, 6.45) is 0. The van der Waals surface area contributed by atoms with Crippen LogP contribution >= 0.6 is 0 Å². The normalized spacial score (nSPS) is 22.7. The molecule has 0 saturated heterocycles. The van der Waals surface area contributed by atoms with E-state index in [9.17, 15) is 9.59 Å². The number of allylic oxidation sites excluding steroid dienone is 2. The van der Waals surface area contributed by atoms with E-state index in [1.165, 1.54) is 0 Å². The largest absolute Gasteiger partial charge is 0.483 e. The van der Waals surface area contributed by atoms with Crippen molar-refractivity contribution in [1.29, 1.82) is 0 Å². The Morgan fingerprint density at radius 1 is 0.654 bits per heavy atom. The molecule has 0 unspecified atom stereocenters. The molecule has 26 heavy (non-hydrogen) atoms. The van der Waals surface area contributed by atoms with Crippen LogP contribution in [-0.4, -0.2) is 17.2 Å². The van der Waals surface area contributed by atoms with E-state index >= 15 is 0 Å². The number of carbonyl (C=O) groups excluding carboxylic acids is 2. The molecule has 1 aromatic rings. The Balaban J connectivity index is 2.42. The predicted octanol–water partition coefficient (Wildman–Crippen LogP) is 5.41. The van der Waals surface area contributed by atoms with Gasteiger partial charge in [-0.1, -0.05) is 27.7 Å². The number of hydrogen-bond acceptors (Lipinski definition) is 3. The fourth-order valence-electron chi connectivity index (χ4n) is 4.45. The lowest BCUT2D eigenvalue weighted by atomic mass is 9.53. The SMILES string of the molecule is Cc1c(C)c(C)c2c(c1C)C(=O)C1=C(C2=O)C(C)(C)C(C)(C)C(C)(C)O1. The molecule has 2 aliphatic rings. The van der Waals surface area contributed by atoms with E-state index in [2.05, 4.69) is 27.7 Å². The highest BCUT2D eigenvalue weighted by Gasteiger charge is 2.60. The lowest BCUT2D eigenvalue weighted by Crippen LogP contribution is -2.57. The summed E-state index contributed by atoms with van der Waals surface area (Å²) in [5.74, 6) is 0.0596. The van der Waals surface area contributed by atoms with Gasteiger partial charge in [-0.3, -0.25) is 9.59 Å². The van der Waals surface area contributed by atoms with Gasteiger partial charge >= 0.3 is 0 Å². The molecule has 140 valence electrons. The molecule has 1 heterocycles. The Morgan fingerprint density at radius 2 is 1.08 bits per heavy atom. The first-order valence-corrected chi connectivity index (χ1v) is 9.32. The van der Waals surface area contributed by atoms with Crippen LogP contribution in [0.25, 0.3) is 0 Å². The summed E-state index contributed by atoms with van der Waals surface area (Å²) in [4.78, 5) is 27.1. The molecule has 0 spiro atoms. The number of carbonyl (C=O) groups is 2. The fraction of sp³-hybridized carbons (Fsp3) is 0.565. The number of fused-ring (bicyclic) bond motifs is 1. The van der Waals surface area contributed by atoms with Crippen LogP contribution in [-0.2, 0) is 4.74 Å². The molecular formula is C23H30O3. The van der Waals surface area contributed by atoms with E-state index in [0.717, 1.165) is 22.3 Å². The van der Waals surface area contributed by atoms with Crippen LogP contribution in [0, 0.1) is 38.5 Å². The summed E-state index contributed by atoms with van der Waals surface area (Å²) in [5.41, 5.74) is 4.20. The molecule has 0 saturated carbocycles. The highest BCUT2D eigenvalue weighted by Crippen LogP contribution is 2.59. The van der Waals surface area contributed by atoms with E-state index in [1.54, 1.807) is 0 Å². The van der Waals surface area contributed by atoms with Crippen molar-refractivity contribution >= 4 is 11.6 Å². The number of ether oxygens (including phenoxy) is 1. The molecule has 0 bridgehead atoms. The molecule has 1 aromatic carbocycles. The third-order valence-corrected chi connectivity index (χ3v) is 7.85. The monoisotopic (exact) mass is 354 g/mol. The molecule has 3 nitrogen and oxygen atoms in total. The quantitative estimate of drug-likeness (QED) is 0.625. The van der Waals surface area contributed by atoms with Crippen molar-refractivity contribution in [1.82, 2.24) is 0 Å². The molecule has 0 amide bonds. The third kappa shape index (κ3) is 1.95. The molecule has 0 atom stereocenters. The van der Waals surface area contributed by atoms with Crippen LogP contribution in [0.1, 0.15) is 84.5 Å². The van der Waals surface area contributed by atoms with Crippen LogP contribution in [0.4, 0.5) is 0 Å². The minimum Gasteiger partial charge on any atom is -0.483 e. The zero-order chi connectivity index (χ0) is 20.0. The summed E-state index contributed by atoms with van der Waals surface area (Å²) < 4.78 is 6.24. The minimum absolute atomic E-state index is 0.0492. The Bertz CT molecular complexity index is 908. The Morgan fingerprint density at radius 3 is 1.54 bits per heavy atom. The van der Waals surface area contributed by atoms with E-state index in [1.807, 2.05) is 41.5 Å². The first kappa shape index (κ1) is 18.9. The summed E-state index contributed by atoms with van der Waals surface area (Å²) in [6, 6.07) is 0. The summed E-state index contributed by atoms with van der Waals surface area (Å²) in [5, 5.41) is 0. The smallest absolute Gasteiger partial charge is 0.229 e. The topological polar surface area (TPSA) is 43.4 Å². The summed E-state index contributed by atoms with van der Waals surface area (Å²) >= 11 is 0. The molecule has 1 aliphatic carbocycles. The maximum atomic E-state index is 13.7. The Labute approximate surface area is 156 Å². The Hall–Kier alpha value is -1.90. The van der Waals surface area contributed by atoms with Gasteiger partial charge in [0.2, 0.25) is 5.78 Å². The molecule has 0 aromatic heterocycles. The second kappa shape index (κ2) is 5.09. The molecule has 3 heteroatoms. The highest BCUT2D eigenvalue weighted by atomic mass is 16.5. The second-order valence-electron chi connectivity index (χ2n) is 9.47. The van der Waals surface area contributed by atoms with E-state index in [0.29, 0.717) is 16.7 Å². The highest BCUT2D eigenvalue weighted by molar-refractivity contribution is 6.28. The first-order chi connectivity index (χ1) is 11.7. The summed E-state index contributed by atoms with van der Waals surface area (Å²) in [6.45, 7) is 20.3. The van der Waals surface area contributed by atoms with Gasteiger partial charge in [0, 0.05) is 22.0 Å². The standard InChI is InChI=1S/C23H30O3/c1-11-12(2)14(4)16-15(13(11)3)18(24)17-20(19(16)25)26-23(9,10)22(7,8)21(17,5)6/h1-10H3. The van der Waals surface area contributed by atoms with Gasteiger partial charge in [-0.05, 0) is 63.8 Å². The second-order valence-corrected chi connectivity index (χ2v) is 9.47. The van der Waals surface area contributed by atoms with Crippen LogP contribution in [0.3, 0.4) is 0 Å². The van der Waals surface area contributed by atoms with Crippen LogP contribution in [0.2, 0.25) is 0 Å². The van der Waals surface area contributed by atoms with Gasteiger partial charge in [0.05, 0.1) is 5.57 Å². The average molecular weight is 354 g/mol. The van der Waals surface area contributed by atoms with Crippen molar-refractivity contribution in [3.63, 3.8) is 0 Å². The zero-order valence-corrected chi connectivity index (χ0v) is 17.7. The van der Waals surface area contributed by atoms with E-state index in [-0.39, 0.29) is 22.7 Å². The summed E-state index contributed by atoms with van der Waals surface area (Å²) in [7, 11) is 0. The first-order valence-electron chi connectivity index (χ1n) is 9.32. The van der Waals surface area contributed by atoms with Crippen molar-refractivity contribution in [2.75, 3.05) is 0 Å². The van der Waals surface area contributed by atoms with Gasteiger partial charge < -0.3 is 4.74 Å².